The molecular weight excluding hydrogens is 412 g/mol. The summed E-state index contributed by atoms with van der Waals surface area (Å²) >= 11 is 0. The molecule has 0 unspecified atom stereocenters. The summed E-state index contributed by atoms with van der Waals surface area (Å²) in [6.45, 7) is 4.86. The number of hydrogen-bond donors (Lipinski definition) is 4. The first-order valence-electron chi connectivity index (χ1n) is 10.5. The van der Waals surface area contributed by atoms with Crippen LogP contribution >= 0.6 is 0 Å². The summed E-state index contributed by atoms with van der Waals surface area (Å²) in [6.07, 6.45) is 2.43. The molecule has 170 valence electrons. The summed E-state index contributed by atoms with van der Waals surface area (Å²) in [6, 6.07) is 7.45. The molecule has 1 aliphatic heterocycles. The molecule has 0 bridgehead atoms. The van der Waals surface area contributed by atoms with Crippen molar-refractivity contribution in [1.82, 2.24) is 14.6 Å². The van der Waals surface area contributed by atoms with Crippen LogP contribution in [-0.2, 0) is 4.79 Å². The third kappa shape index (κ3) is 4.54. The van der Waals surface area contributed by atoms with Gasteiger partial charge in [-0.1, -0.05) is 19.9 Å². The lowest BCUT2D eigenvalue weighted by Crippen LogP contribution is -2.20. The second kappa shape index (κ2) is 8.91. The Balaban J connectivity index is 1.60. The summed E-state index contributed by atoms with van der Waals surface area (Å²) in [5.41, 5.74) is 1.42. The van der Waals surface area contributed by atoms with Crippen molar-refractivity contribution < 1.29 is 19.4 Å². The van der Waals surface area contributed by atoms with Crippen molar-refractivity contribution in [3.63, 3.8) is 0 Å². The number of hydrogen-bond acceptors (Lipinski definition) is 8. The summed E-state index contributed by atoms with van der Waals surface area (Å²) in [5.74, 6) is 2.41. The number of para-hydroxylation sites is 1. The number of aromatic nitrogens is 3. The smallest absolute Gasteiger partial charge is 0.224 e. The first-order chi connectivity index (χ1) is 15.4. The van der Waals surface area contributed by atoms with Gasteiger partial charge in [-0.3, -0.25) is 4.79 Å². The molecule has 1 aromatic carbocycles. The van der Waals surface area contributed by atoms with Crippen LogP contribution in [0, 0.1) is 5.41 Å². The van der Waals surface area contributed by atoms with Gasteiger partial charge in [-0.05, 0) is 24.0 Å². The molecule has 1 aliphatic rings. The van der Waals surface area contributed by atoms with E-state index in [1.54, 1.807) is 17.8 Å². The van der Waals surface area contributed by atoms with Crippen LogP contribution in [0.2, 0.25) is 0 Å². The molecule has 0 radical (unpaired) electrons. The highest BCUT2D eigenvalue weighted by molar-refractivity contribution is 5.94. The maximum absolute atomic E-state index is 12.5. The fourth-order valence-electron chi connectivity index (χ4n) is 3.35. The highest BCUT2D eigenvalue weighted by atomic mass is 16.6. The van der Waals surface area contributed by atoms with Crippen LogP contribution < -0.4 is 25.4 Å². The van der Waals surface area contributed by atoms with E-state index in [9.17, 15) is 9.90 Å². The Labute approximate surface area is 185 Å². The van der Waals surface area contributed by atoms with Gasteiger partial charge in [-0.15, -0.1) is 0 Å². The summed E-state index contributed by atoms with van der Waals surface area (Å²) in [4.78, 5) is 17.2. The normalized spacial score (nSPS) is 13.1. The molecule has 3 aromatic rings. The van der Waals surface area contributed by atoms with E-state index in [0.717, 1.165) is 5.69 Å². The molecule has 0 fully saturated rings. The van der Waals surface area contributed by atoms with Crippen LogP contribution in [0.25, 0.3) is 5.65 Å². The zero-order valence-corrected chi connectivity index (χ0v) is 18.4. The van der Waals surface area contributed by atoms with Gasteiger partial charge in [0.05, 0.1) is 11.9 Å². The minimum Gasteiger partial charge on any atom is -0.486 e. The number of amides is 1. The van der Waals surface area contributed by atoms with E-state index in [1.165, 1.54) is 0 Å². The van der Waals surface area contributed by atoms with E-state index >= 15 is 0 Å². The zero-order chi connectivity index (χ0) is 22.7. The lowest BCUT2D eigenvalue weighted by atomic mass is 9.89. The molecular formula is C22H28N6O4. The second-order valence-electron chi connectivity index (χ2n) is 8.40. The average molecular weight is 441 g/mol. The van der Waals surface area contributed by atoms with Crippen molar-refractivity contribution in [3.8, 4) is 11.5 Å². The number of nitrogens with one attached hydrogen (secondary N) is 3. The number of ether oxygens (including phenoxy) is 2. The zero-order valence-electron chi connectivity index (χ0n) is 18.4. The monoisotopic (exact) mass is 440 g/mol. The van der Waals surface area contributed by atoms with Gasteiger partial charge in [0.2, 0.25) is 5.91 Å². The predicted octanol–water partition coefficient (Wildman–Crippen LogP) is 3.02. The molecule has 32 heavy (non-hydrogen) atoms. The van der Waals surface area contributed by atoms with Crippen LogP contribution in [0.1, 0.15) is 26.7 Å². The molecule has 0 saturated heterocycles. The lowest BCUT2D eigenvalue weighted by Gasteiger charge is -2.21. The van der Waals surface area contributed by atoms with Crippen LogP contribution in [0.15, 0.2) is 30.5 Å². The van der Waals surface area contributed by atoms with E-state index in [4.69, 9.17) is 9.47 Å². The quantitative estimate of drug-likeness (QED) is 0.422. The Bertz CT molecular complexity index is 1130. The lowest BCUT2D eigenvalue weighted by molar-refractivity contribution is -0.116. The number of aliphatic hydroxyl groups is 1. The first-order valence-corrected chi connectivity index (χ1v) is 10.5. The number of fused-ring (bicyclic) bond motifs is 2. The molecule has 0 saturated carbocycles. The minimum atomic E-state index is -0.312. The first kappa shape index (κ1) is 21.7. The number of anilines is 4. The van der Waals surface area contributed by atoms with Gasteiger partial charge in [-0.2, -0.15) is 9.61 Å². The van der Waals surface area contributed by atoms with Gasteiger partial charge >= 0.3 is 0 Å². The Morgan fingerprint density at radius 3 is 2.84 bits per heavy atom. The molecule has 1 amide bonds. The molecule has 4 rings (SSSR count). The number of aliphatic hydroxyl groups excluding tert-OH is 1. The van der Waals surface area contributed by atoms with Crippen molar-refractivity contribution in [2.45, 2.75) is 26.7 Å². The van der Waals surface area contributed by atoms with Crippen LogP contribution in [-0.4, -0.2) is 52.5 Å². The Morgan fingerprint density at radius 2 is 2.06 bits per heavy atom. The van der Waals surface area contributed by atoms with E-state index in [1.807, 2.05) is 38.1 Å². The average Bonchev–Trinajstić information content (AvgIpc) is 3.20. The Hall–Kier alpha value is -3.53. The number of benzene rings is 1. The highest BCUT2D eigenvalue weighted by Crippen LogP contribution is 2.38. The molecule has 10 nitrogen and oxygen atoms in total. The Morgan fingerprint density at radius 1 is 1.25 bits per heavy atom. The second-order valence-corrected chi connectivity index (χ2v) is 8.40. The van der Waals surface area contributed by atoms with Crippen molar-refractivity contribution in [3.05, 3.63) is 30.5 Å². The molecule has 3 heterocycles. The third-order valence-electron chi connectivity index (χ3n) is 5.29. The largest absolute Gasteiger partial charge is 0.486 e. The summed E-state index contributed by atoms with van der Waals surface area (Å²) < 4.78 is 13.0. The molecule has 4 N–H and O–H groups in total. The van der Waals surface area contributed by atoms with Gasteiger partial charge < -0.3 is 30.5 Å². The van der Waals surface area contributed by atoms with Crippen molar-refractivity contribution in [1.29, 1.82) is 0 Å². The third-order valence-corrected chi connectivity index (χ3v) is 5.29. The minimum absolute atomic E-state index is 0.0249. The van der Waals surface area contributed by atoms with Gasteiger partial charge in [0.1, 0.15) is 30.5 Å². The van der Waals surface area contributed by atoms with Gasteiger partial charge in [-0.25, -0.2) is 4.98 Å². The summed E-state index contributed by atoms with van der Waals surface area (Å²) in [5, 5.41) is 23.0. The number of carbonyl (C=O) groups excluding carboxylic acids is 1. The van der Waals surface area contributed by atoms with E-state index in [2.05, 4.69) is 26.0 Å². The number of nitrogens with zero attached hydrogens (tertiary/aromatic N) is 3. The maximum Gasteiger partial charge on any atom is 0.224 e. The number of rotatable bonds is 8. The topological polar surface area (TPSA) is 122 Å². The molecule has 0 atom stereocenters. The van der Waals surface area contributed by atoms with E-state index in [0.29, 0.717) is 54.1 Å². The van der Waals surface area contributed by atoms with Gasteiger partial charge in [0.15, 0.2) is 17.1 Å². The van der Waals surface area contributed by atoms with Crippen molar-refractivity contribution >= 4 is 34.6 Å². The molecule has 0 aliphatic carbocycles. The fourth-order valence-corrected chi connectivity index (χ4v) is 3.35. The molecule has 2 aromatic heterocycles. The fraction of sp³-hybridized carbons (Fsp3) is 0.409. The van der Waals surface area contributed by atoms with Gasteiger partial charge in [0.25, 0.3) is 0 Å². The molecule has 0 spiro atoms. The standard InChI is InChI=1S/C22H28N6O4/c1-22(2,13-29)8-7-19(30)26-15-12-24-28-18(23-3)11-17(27-21(15)28)25-14-5-4-6-16-20(14)32-10-9-31-16/h4-6,11-12,23,29H,7-10,13H2,1-3H3,(H,25,27)(H,26,30). The highest BCUT2D eigenvalue weighted by Gasteiger charge is 2.20. The van der Waals surface area contributed by atoms with Crippen LogP contribution in [0.5, 0.6) is 11.5 Å². The van der Waals surface area contributed by atoms with Crippen molar-refractivity contribution in [2.75, 3.05) is 42.8 Å². The van der Waals surface area contributed by atoms with Crippen LogP contribution in [0.3, 0.4) is 0 Å². The maximum atomic E-state index is 12.5. The Kier molecular flexibility index (Phi) is 6.04. The SMILES string of the molecule is CNc1cc(Nc2cccc3c2OCCO3)nc2c(NC(=O)CCC(C)(C)CO)cnn12. The summed E-state index contributed by atoms with van der Waals surface area (Å²) in [7, 11) is 1.79. The van der Waals surface area contributed by atoms with Gasteiger partial charge in [0, 0.05) is 26.1 Å². The van der Waals surface area contributed by atoms with E-state index < -0.39 is 0 Å². The predicted molar refractivity (Wildman–Crippen MR) is 122 cm³/mol. The van der Waals surface area contributed by atoms with E-state index in [-0.39, 0.29) is 24.3 Å². The van der Waals surface area contributed by atoms with Crippen LogP contribution in [0.4, 0.5) is 23.0 Å². The molecule has 10 heteroatoms. The van der Waals surface area contributed by atoms with Crippen molar-refractivity contribution in [2.24, 2.45) is 5.41 Å². The number of carbonyl (C=O) groups is 1.